The van der Waals surface area contributed by atoms with Gasteiger partial charge in [-0.25, -0.2) is 0 Å². The Labute approximate surface area is 153 Å². The van der Waals surface area contributed by atoms with Gasteiger partial charge in [0.05, 0.1) is 26.3 Å². The molecule has 0 aliphatic carbocycles. The Kier molecular flexibility index (Phi) is 8.11. The number of aromatic nitrogens is 1. The number of esters is 1. The number of H-pyrrole nitrogens is 1. The zero-order valence-electron chi connectivity index (χ0n) is 15.4. The van der Waals surface area contributed by atoms with Crippen molar-refractivity contribution in [3.63, 3.8) is 0 Å². The van der Waals surface area contributed by atoms with Crippen LogP contribution in [0.15, 0.2) is 30.5 Å². The maximum Gasteiger partial charge on any atom is 0.320 e. The van der Waals surface area contributed by atoms with Crippen molar-refractivity contribution in [2.45, 2.75) is 13.3 Å². The van der Waals surface area contributed by atoms with Gasteiger partial charge < -0.3 is 19.8 Å². The first-order valence-corrected chi connectivity index (χ1v) is 8.82. The van der Waals surface area contributed by atoms with Gasteiger partial charge >= 0.3 is 5.97 Å². The van der Waals surface area contributed by atoms with Gasteiger partial charge in [0.25, 0.3) is 0 Å². The van der Waals surface area contributed by atoms with Gasteiger partial charge in [0.2, 0.25) is 5.91 Å². The molecule has 7 nitrogen and oxygen atoms in total. The van der Waals surface area contributed by atoms with E-state index in [1.165, 1.54) is 10.9 Å². The summed E-state index contributed by atoms with van der Waals surface area (Å²) in [5.74, 6) is -0.458. The number of hydrogen-bond acceptors (Lipinski definition) is 5. The van der Waals surface area contributed by atoms with Gasteiger partial charge in [-0.2, -0.15) is 0 Å². The van der Waals surface area contributed by atoms with Crippen molar-refractivity contribution in [1.82, 2.24) is 15.2 Å². The second-order valence-corrected chi connectivity index (χ2v) is 5.97. The number of ether oxygens (including phenoxy) is 2. The maximum absolute atomic E-state index is 12.2. The van der Waals surface area contributed by atoms with Gasteiger partial charge in [0.1, 0.15) is 0 Å². The highest BCUT2D eigenvalue weighted by Gasteiger charge is 2.15. The number of nitrogens with zero attached hydrogens (tertiary/aromatic N) is 1. The van der Waals surface area contributed by atoms with E-state index in [4.69, 9.17) is 9.47 Å². The normalized spacial score (nSPS) is 11.0. The highest BCUT2D eigenvalue weighted by Crippen LogP contribution is 2.17. The van der Waals surface area contributed by atoms with Crippen LogP contribution in [0.5, 0.6) is 0 Å². The third-order valence-corrected chi connectivity index (χ3v) is 4.03. The number of aromatic amines is 1. The topological polar surface area (TPSA) is 83.7 Å². The zero-order valence-corrected chi connectivity index (χ0v) is 15.4. The molecule has 2 N–H and O–H groups in total. The zero-order chi connectivity index (χ0) is 18.8. The fraction of sp³-hybridized carbons (Fsp3) is 0.474. The molecule has 0 atom stereocenters. The molecule has 0 aliphatic rings. The fourth-order valence-corrected chi connectivity index (χ4v) is 2.76. The van der Waals surface area contributed by atoms with Crippen molar-refractivity contribution in [2.75, 3.05) is 46.5 Å². The Balaban J connectivity index is 1.80. The summed E-state index contributed by atoms with van der Waals surface area (Å²) in [4.78, 5) is 28.8. The molecule has 1 aromatic heterocycles. The van der Waals surface area contributed by atoms with Crippen molar-refractivity contribution in [3.8, 4) is 0 Å². The first-order valence-electron chi connectivity index (χ1n) is 8.82. The van der Waals surface area contributed by atoms with Gasteiger partial charge in [-0.15, -0.1) is 0 Å². The van der Waals surface area contributed by atoms with Crippen LogP contribution < -0.4 is 5.32 Å². The summed E-state index contributed by atoms with van der Waals surface area (Å²) in [6.45, 7) is 3.77. The number of nitrogens with one attached hydrogen (secondary N) is 2. The molecule has 1 heterocycles. The molecule has 7 heteroatoms. The predicted octanol–water partition coefficient (Wildman–Crippen LogP) is 1.34. The van der Waals surface area contributed by atoms with Crippen LogP contribution in [0.1, 0.15) is 12.5 Å². The van der Waals surface area contributed by atoms with E-state index >= 15 is 0 Å². The minimum atomic E-state index is -0.338. The second-order valence-electron chi connectivity index (χ2n) is 5.97. The van der Waals surface area contributed by atoms with E-state index in [0.29, 0.717) is 26.3 Å². The molecule has 0 radical (unpaired) electrons. The Hall–Kier alpha value is -2.38. The van der Waals surface area contributed by atoms with Crippen molar-refractivity contribution in [1.29, 1.82) is 0 Å². The lowest BCUT2D eigenvalue weighted by Gasteiger charge is -2.20. The smallest absolute Gasteiger partial charge is 0.320 e. The van der Waals surface area contributed by atoms with E-state index < -0.39 is 0 Å². The first kappa shape index (κ1) is 19.9. The summed E-state index contributed by atoms with van der Waals surface area (Å²) in [7, 11) is 1.59. The monoisotopic (exact) mass is 361 g/mol. The number of carbonyl (C=O) groups is 2. The van der Waals surface area contributed by atoms with Crippen LogP contribution in [0.4, 0.5) is 0 Å². The number of rotatable bonds is 11. The fourth-order valence-electron chi connectivity index (χ4n) is 2.76. The number of carbonyl (C=O) groups excluding carboxylic acids is 2. The minimum Gasteiger partial charge on any atom is -0.465 e. The molecule has 0 aliphatic heterocycles. The Bertz CT molecular complexity index is 714. The number of benzene rings is 1. The molecule has 0 spiro atoms. The third-order valence-electron chi connectivity index (χ3n) is 4.03. The highest BCUT2D eigenvalue weighted by molar-refractivity contribution is 5.83. The maximum atomic E-state index is 12.2. The quantitative estimate of drug-likeness (QED) is 0.590. The number of methoxy groups -OCH3 is 1. The summed E-state index contributed by atoms with van der Waals surface area (Å²) < 4.78 is 9.99. The standard InChI is InChI=1S/C19H27N3O4/c1-3-26-19(24)14-22(10-11-25-2)13-18(23)20-9-8-15-12-21-17-7-5-4-6-16(15)17/h4-7,12,21H,3,8-11,13-14H2,1-2H3,(H,20,23). The van der Waals surface area contributed by atoms with E-state index in [9.17, 15) is 9.59 Å². The molecule has 142 valence electrons. The molecular formula is C19H27N3O4. The van der Waals surface area contributed by atoms with Gasteiger partial charge in [-0.05, 0) is 25.0 Å². The highest BCUT2D eigenvalue weighted by atomic mass is 16.5. The van der Waals surface area contributed by atoms with Gasteiger partial charge in [0.15, 0.2) is 0 Å². The van der Waals surface area contributed by atoms with Crippen molar-refractivity contribution in [3.05, 3.63) is 36.0 Å². The van der Waals surface area contributed by atoms with Gasteiger partial charge in [-0.1, -0.05) is 18.2 Å². The number of para-hydroxylation sites is 1. The average molecular weight is 361 g/mol. The van der Waals surface area contributed by atoms with Crippen LogP contribution in [0.2, 0.25) is 0 Å². The first-order chi connectivity index (χ1) is 12.6. The summed E-state index contributed by atoms with van der Waals surface area (Å²) in [6.07, 6.45) is 2.72. The van der Waals surface area contributed by atoms with Crippen molar-refractivity contribution in [2.24, 2.45) is 0 Å². The van der Waals surface area contributed by atoms with E-state index in [0.717, 1.165) is 11.9 Å². The van der Waals surface area contributed by atoms with Crippen LogP contribution in [-0.2, 0) is 25.5 Å². The third kappa shape index (κ3) is 6.16. The summed E-state index contributed by atoms with van der Waals surface area (Å²) in [5, 5.41) is 4.08. The largest absolute Gasteiger partial charge is 0.465 e. The van der Waals surface area contributed by atoms with Gasteiger partial charge in [-0.3, -0.25) is 14.5 Å². The summed E-state index contributed by atoms with van der Waals surface area (Å²) in [5.41, 5.74) is 2.26. The molecule has 0 bridgehead atoms. The van der Waals surface area contributed by atoms with E-state index in [-0.39, 0.29) is 25.0 Å². The van der Waals surface area contributed by atoms with Crippen LogP contribution >= 0.6 is 0 Å². The second kappa shape index (κ2) is 10.6. The summed E-state index contributed by atoms with van der Waals surface area (Å²) in [6, 6.07) is 8.08. The van der Waals surface area contributed by atoms with E-state index in [2.05, 4.69) is 16.4 Å². The SMILES string of the molecule is CCOC(=O)CN(CCOC)CC(=O)NCCc1c[nH]c2ccccc12. The van der Waals surface area contributed by atoms with Crippen LogP contribution in [-0.4, -0.2) is 68.3 Å². The average Bonchev–Trinajstić information content (AvgIpc) is 3.03. The Morgan fingerprint density at radius 3 is 2.81 bits per heavy atom. The summed E-state index contributed by atoms with van der Waals surface area (Å²) >= 11 is 0. The van der Waals surface area contributed by atoms with Crippen LogP contribution in [0.3, 0.4) is 0 Å². The van der Waals surface area contributed by atoms with E-state index in [1.807, 2.05) is 24.4 Å². The number of fused-ring (bicyclic) bond motifs is 1. The molecule has 2 aromatic rings. The molecule has 0 saturated heterocycles. The Morgan fingerprint density at radius 1 is 1.23 bits per heavy atom. The van der Waals surface area contributed by atoms with Gasteiger partial charge in [0, 0.05) is 37.3 Å². The molecule has 1 amide bonds. The number of amides is 1. The predicted molar refractivity (Wildman–Crippen MR) is 100.0 cm³/mol. The molecule has 2 rings (SSSR count). The van der Waals surface area contributed by atoms with E-state index in [1.54, 1.807) is 18.9 Å². The molecule has 0 fully saturated rings. The minimum absolute atomic E-state index is 0.0765. The molecular weight excluding hydrogens is 334 g/mol. The lowest BCUT2D eigenvalue weighted by Crippen LogP contribution is -2.42. The molecule has 1 aromatic carbocycles. The lowest BCUT2D eigenvalue weighted by atomic mass is 10.1. The van der Waals surface area contributed by atoms with Crippen LogP contribution in [0, 0.1) is 0 Å². The lowest BCUT2D eigenvalue weighted by molar-refractivity contribution is -0.144. The molecule has 26 heavy (non-hydrogen) atoms. The molecule has 0 saturated carbocycles. The Morgan fingerprint density at radius 2 is 2.04 bits per heavy atom. The van der Waals surface area contributed by atoms with Crippen LogP contribution in [0.25, 0.3) is 10.9 Å². The van der Waals surface area contributed by atoms with Crippen molar-refractivity contribution >= 4 is 22.8 Å². The molecule has 0 unspecified atom stereocenters. The number of hydrogen-bond donors (Lipinski definition) is 2. The van der Waals surface area contributed by atoms with Crippen molar-refractivity contribution < 1.29 is 19.1 Å².